The molecule has 0 spiro atoms. The molecule has 0 radical (unpaired) electrons. The van der Waals surface area contributed by atoms with Crippen molar-refractivity contribution in [2.24, 2.45) is 5.73 Å². The number of ether oxygens (including phenoxy) is 1. The molecule has 0 unspecified atom stereocenters. The second kappa shape index (κ2) is 6.17. The van der Waals surface area contributed by atoms with Gasteiger partial charge in [-0.2, -0.15) is 0 Å². The first-order valence-corrected chi connectivity index (χ1v) is 6.17. The van der Waals surface area contributed by atoms with Crippen molar-refractivity contribution >= 4 is 0 Å². The van der Waals surface area contributed by atoms with Gasteiger partial charge in [0, 0.05) is 24.0 Å². The Morgan fingerprint density at radius 1 is 1.17 bits per heavy atom. The van der Waals surface area contributed by atoms with Crippen LogP contribution in [0.15, 0.2) is 48.8 Å². The summed E-state index contributed by atoms with van der Waals surface area (Å²) < 4.78 is 5.84. The molecule has 3 heteroatoms. The van der Waals surface area contributed by atoms with Gasteiger partial charge >= 0.3 is 0 Å². The van der Waals surface area contributed by atoms with Gasteiger partial charge in [-0.25, -0.2) is 0 Å². The van der Waals surface area contributed by atoms with Crippen LogP contribution in [0, 0.1) is 0 Å². The Balaban J connectivity index is 2.10. The van der Waals surface area contributed by atoms with Gasteiger partial charge in [0.2, 0.25) is 0 Å². The summed E-state index contributed by atoms with van der Waals surface area (Å²) >= 11 is 0. The first-order valence-electron chi connectivity index (χ1n) is 6.17. The quantitative estimate of drug-likeness (QED) is 0.876. The van der Waals surface area contributed by atoms with Crippen molar-refractivity contribution in [1.82, 2.24) is 4.98 Å². The second-order valence-electron chi connectivity index (χ2n) is 4.20. The number of para-hydroxylation sites is 1. The number of rotatable bonds is 5. The van der Waals surface area contributed by atoms with Crippen LogP contribution < -0.4 is 10.5 Å². The van der Waals surface area contributed by atoms with Gasteiger partial charge in [-0.1, -0.05) is 25.1 Å². The van der Waals surface area contributed by atoms with Crippen LogP contribution in [-0.2, 0) is 6.61 Å². The van der Waals surface area contributed by atoms with E-state index in [-0.39, 0.29) is 6.04 Å². The van der Waals surface area contributed by atoms with Crippen molar-refractivity contribution < 1.29 is 4.74 Å². The maximum atomic E-state index is 6.07. The van der Waals surface area contributed by atoms with E-state index in [1.807, 2.05) is 36.4 Å². The Morgan fingerprint density at radius 3 is 2.61 bits per heavy atom. The van der Waals surface area contributed by atoms with Gasteiger partial charge in [0.05, 0.1) is 0 Å². The molecular weight excluding hydrogens is 224 g/mol. The van der Waals surface area contributed by atoms with Crippen LogP contribution in [0.4, 0.5) is 0 Å². The lowest BCUT2D eigenvalue weighted by molar-refractivity contribution is 0.300. The van der Waals surface area contributed by atoms with Crippen molar-refractivity contribution in [3.63, 3.8) is 0 Å². The molecule has 94 valence electrons. The minimum absolute atomic E-state index is 0.0265. The Labute approximate surface area is 108 Å². The van der Waals surface area contributed by atoms with Gasteiger partial charge < -0.3 is 10.5 Å². The normalized spacial score (nSPS) is 12.1. The summed E-state index contributed by atoms with van der Waals surface area (Å²) in [6.07, 6.45) is 4.43. The molecule has 0 bridgehead atoms. The summed E-state index contributed by atoms with van der Waals surface area (Å²) in [6.45, 7) is 2.61. The number of pyridine rings is 1. The number of benzene rings is 1. The van der Waals surface area contributed by atoms with Crippen LogP contribution in [0.3, 0.4) is 0 Å². The monoisotopic (exact) mass is 242 g/mol. The van der Waals surface area contributed by atoms with Crippen LogP contribution in [0.5, 0.6) is 5.75 Å². The zero-order valence-electron chi connectivity index (χ0n) is 10.5. The highest BCUT2D eigenvalue weighted by molar-refractivity contribution is 5.35. The number of hydrogen-bond donors (Lipinski definition) is 1. The molecule has 0 amide bonds. The first kappa shape index (κ1) is 12.6. The van der Waals surface area contributed by atoms with Crippen LogP contribution in [0.2, 0.25) is 0 Å². The Bertz CT molecular complexity index is 485. The van der Waals surface area contributed by atoms with Crippen molar-refractivity contribution in [3.05, 3.63) is 59.9 Å². The number of hydrogen-bond acceptors (Lipinski definition) is 3. The summed E-state index contributed by atoms with van der Waals surface area (Å²) in [5.41, 5.74) is 8.24. The lowest BCUT2D eigenvalue weighted by Gasteiger charge is -2.15. The minimum atomic E-state index is 0.0265. The number of nitrogens with zero attached hydrogens (tertiary/aromatic N) is 1. The third-order valence-electron chi connectivity index (χ3n) is 2.90. The Hall–Kier alpha value is -1.87. The van der Waals surface area contributed by atoms with Crippen LogP contribution in [-0.4, -0.2) is 4.98 Å². The molecule has 1 heterocycles. The fourth-order valence-corrected chi connectivity index (χ4v) is 1.78. The molecule has 0 fully saturated rings. The minimum Gasteiger partial charge on any atom is -0.489 e. The predicted molar refractivity (Wildman–Crippen MR) is 72.2 cm³/mol. The van der Waals surface area contributed by atoms with Gasteiger partial charge in [-0.05, 0) is 30.2 Å². The van der Waals surface area contributed by atoms with Gasteiger partial charge in [0.15, 0.2) is 0 Å². The summed E-state index contributed by atoms with van der Waals surface area (Å²) in [7, 11) is 0. The average Bonchev–Trinajstić information content (AvgIpc) is 2.45. The molecule has 2 rings (SSSR count). The highest BCUT2D eigenvalue weighted by atomic mass is 16.5. The predicted octanol–water partition coefficient (Wildman–Crippen LogP) is 3.07. The lowest BCUT2D eigenvalue weighted by Crippen LogP contribution is -2.10. The lowest BCUT2D eigenvalue weighted by atomic mass is 10.0. The molecule has 0 aliphatic heterocycles. The third kappa shape index (κ3) is 3.08. The highest BCUT2D eigenvalue weighted by Crippen LogP contribution is 2.25. The first-order chi connectivity index (χ1) is 8.81. The molecule has 0 saturated carbocycles. The molecule has 3 nitrogen and oxygen atoms in total. The summed E-state index contributed by atoms with van der Waals surface area (Å²) in [4.78, 5) is 3.98. The smallest absolute Gasteiger partial charge is 0.124 e. The topological polar surface area (TPSA) is 48.1 Å². The number of nitrogens with two attached hydrogens (primary N) is 1. The average molecular weight is 242 g/mol. The van der Waals surface area contributed by atoms with Crippen LogP contribution in [0.1, 0.15) is 30.5 Å². The SMILES string of the molecule is CC[C@H](N)c1ccccc1OCc1ccncc1. The standard InChI is InChI=1S/C15H18N2O/c1-2-14(16)13-5-3-4-6-15(13)18-11-12-7-9-17-10-8-12/h3-10,14H,2,11,16H2,1H3/t14-/m0/s1. The molecule has 18 heavy (non-hydrogen) atoms. The van der Waals surface area contributed by atoms with Gasteiger partial charge in [0.1, 0.15) is 12.4 Å². The summed E-state index contributed by atoms with van der Waals surface area (Å²) in [6, 6.07) is 11.9. The summed E-state index contributed by atoms with van der Waals surface area (Å²) in [5, 5.41) is 0. The molecule has 2 N–H and O–H groups in total. The van der Waals surface area contributed by atoms with Gasteiger partial charge in [-0.15, -0.1) is 0 Å². The Kier molecular flexibility index (Phi) is 4.31. The molecule has 1 atom stereocenters. The van der Waals surface area contributed by atoms with E-state index in [4.69, 9.17) is 10.5 Å². The van der Waals surface area contributed by atoms with Crippen LogP contribution in [0.25, 0.3) is 0 Å². The second-order valence-corrected chi connectivity index (χ2v) is 4.20. The van der Waals surface area contributed by atoms with E-state index in [9.17, 15) is 0 Å². The van der Waals surface area contributed by atoms with Gasteiger partial charge in [-0.3, -0.25) is 4.98 Å². The van der Waals surface area contributed by atoms with E-state index in [0.717, 1.165) is 23.3 Å². The zero-order valence-corrected chi connectivity index (χ0v) is 10.5. The van der Waals surface area contributed by atoms with Crippen molar-refractivity contribution in [2.45, 2.75) is 26.0 Å². The third-order valence-corrected chi connectivity index (χ3v) is 2.90. The molecule has 1 aromatic carbocycles. The molecule has 1 aromatic heterocycles. The Morgan fingerprint density at radius 2 is 1.89 bits per heavy atom. The largest absolute Gasteiger partial charge is 0.489 e. The van der Waals surface area contributed by atoms with E-state index in [1.54, 1.807) is 12.4 Å². The van der Waals surface area contributed by atoms with E-state index < -0.39 is 0 Å². The van der Waals surface area contributed by atoms with E-state index in [1.165, 1.54) is 0 Å². The molecule has 0 aliphatic carbocycles. The highest BCUT2D eigenvalue weighted by Gasteiger charge is 2.09. The molecular formula is C15H18N2O. The van der Waals surface area contributed by atoms with Crippen molar-refractivity contribution in [2.75, 3.05) is 0 Å². The van der Waals surface area contributed by atoms with E-state index in [2.05, 4.69) is 11.9 Å². The fourth-order valence-electron chi connectivity index (χ4n) is 1.78. The number of aromatic nitrogens is 1. The zero-order chi connectivity index (χ0) is 12.8. The van der Waals surface area contributed by atoms with Crippen molar-refractivity contribution in [3.8, 4) is 5.75 Å². The van der Waals surface area contributed by atoms with Crippen molar-refractivity contribution in [1.29, 1.82) is 0 Å². The molecule has 2 aromatic rings. The summed E-state index contributed by atoms with van der Waals surface area (Å²) in [5.74, 6) is 0.865. The molecule has 0 saturated heterocycles. The maximum Gasteiger partial charge on any atom is 0.124 e. The van der Waals surface area contributed by atoms with E-state index >= 15 is 0 Å². The fraction of sp³-hybridized carbons (Fsp3) is 0.267. The van der Waals surface area contributed by atoms with Gasteiger partial charge in [0.25, 0.3) is 0 Å². The maximum absolute atomic E-state index is 6.07. The van der Waals surface area contributed by atoms with Crippen LogP contribution >= 0.6 is 0 Å². The van der Waals surface area contributed by atoms with E-state index in [0.29, 0.717) is 6.61 Å². The molecule has 0 aliphatic rings.